The van der Waals surface area contributed by atoms with E-state index in [1.807, 2.05) is 20.8 Å². The van der Waals surface area contributed by atoms with Crippen molar-refractivity contribution in [2.75, 3.05) is 26.7 Å². The number of rotatable bonds is 5. The van der Waals surface area contributed by atoms with Crippen molar-refractivity contribution in [3.63, 3.8) is 0 Å². The second-order valence-electron chi connectivity index (χ2n) is 4.66. The summed E-state index contributed by atoms with van der Waals surface area (Å²) in [5.41, 5.74) is -0.111. The van der Waals surface area contributed by atoms with Gasteiger partial charge in [0.25, 0.3) is 0 Å². The number of hydrogen-bond acceptors (Lipinski definition) is 4. The first-order valence-corrected chi connectivity index (χ1v) is 5.41. The molecular weight excluding hydrogens is 208 g/mol. The zero-order chi connectivity index (χ0) is 12.8. The Labute approximate surface area is 97.1 Å². The zero-order valence-corrected chi connectivity index (χ0v) is 10.8. The van der Waals surface area contributed by atoms with E-state index in [1.54, 1.807) is 14.0 Å². The summed E-state index contributed by atoms with van der Waals surface area (Å²) in [6.07, 6.45) is 0. The Balaban J connectivity index is 3.95. The molecule has 0 aromatic rings. The molecule has 0 aliphatic carbocycles. The molecule has 0 spiro atoms. The van der Waals surface area contributed by atoms with Gasteiger partial charge in [-0.05, 0) is 27.7 Å². The summed E-state index contributed by atoms with van der Waals surface area (Å²) in [6.45, 7) is 8.22. The molecule has 1 N–H and O–H groups in total. The molecule has 0 aromatic carbocycles. The largest absolute Gasteiger partial charge is 0.465 e. The van der Waals surface area contributed by atoms with Crippen LogP contribution in [0.5, 0.6) is 0 Å². The first-order chi connectivity index (χ1) is 7.26. The van der Waals surface area contributed by atoms with Crippen LogP contribution in [0.1, 0.15) is 27.7 Å². The van der Waals surface area contributed by atoms with Gasteiger partial charge in [0.1, 0.15) is 6.54 Å². The Hall–Kier alpha value is -1.10. The van der Waals surface area contributed by atoms with Gasteiger partial charge in [-0.25, -0.2) is 0 Å². The van der Waals surface area contributed by atoms with E-state index in [4.69, 9.17) is 4.74 Å². The fourth-order valence-electron chi connectivity index (χ4n) is 0.964. The van der Waals surface area contributed by atoms with Gasteiger partial charge in [0.05, 0.1) is 13.2 Å². The third kappa shape index (κ3) is 7.23. The van der Waals surface area contributed by atoms with Crippen molar-refractivity contribution < 1.29 is 14.3 Å². The summed E-state index contributed by atoms with van der Waals surface area (Å²) in [7, 11) is 1.59. The Morgan fingerprint density at radius 1 is 1.31 bits per heavy atom. The topological polar surface area (TPSA) is 58.6 Å². The molecule has 5 nitrogen and oxygen atoms in total. The van der Waals surface area contributed by atoms with Gasteiger partial charge in [-0.2, -0.15) is 0 Å². The molecule has 5 heteroatoms. The van der Waals surface area contributed by atoms with E-state index in [0.717, 1.165) is 0 Å². The summed E-state index contributed by atoms with van der Waals surface area (Å²) in [4.78, 5) is 24.1. The van der Waals surface area contributed by atoms with Gasteiger partial charge in [0, 0.05) is 12.6 Å². The van der Waals surface area contributed by atoms with Crippen LogP contribution in [0.15, 0.2) is 0 Å². The van der Waals surface area contributed by atoms with Crippen LogP contribution in [0.3, 0.4) is 0 Å². The molecule has 0 unspecified atom stereocenters. The summed E-state index contributed by atoms with van der Waals surface area (Å²) >= 11 is 0. The molecule has 1 amide bonds. The molecule has 0 atom stereocenters. The number of carbonyl (C=O) groups is 2. The third-order valence-electron chi connectivity index (χ3n) is 1.87. The van der Waals surface area contributed by atoms with Crippen LogP contribution < -0.4 is 5.32 Å². The number of amides is 1. The minimum Gasteiger partial charge on any atom is -0.465 e. The van der Waals surface area contributed by atoms with Gasteiger partial charge in [0.15, 0.2) is 0 Å². The molecule has 0 aromatic heterocycles. The van der Waals surface area contributed by atoms with Crippen LogP contribution in [-0.4, -0.2) is 49.1 Å². The van der Waals surface area contributed by atoms with E-state index in [1.165, 1.54) is 4.90 Å². The van der Waals surface area contributed by atoms with Crippen LogP contribution in [0, 0.1) is 0 Å². The smallest absolute Gasteiger partial charge is 0.325 e. The van der Waals surface area contributed by atoms with Crippen molar-refractivity contribution in [2.24, 2.45) is 0 Å². The van der Waals surface area contributed by atoms with Gasteiger partial charge in [-0.3, -0.25) is 9.59 Å². The normalized spacial score (nSPS) is 11.1. The maximum Gasteiger partial charge on any atom is 0.325 e. The molecule has 94 valence electrons. The number of likely N-dealkylation sites (N-methyl/N-ethyl adjacent to an activating group) is 1. The highest BCUT2D eigenvalue weighted by Crippen LogP contribution is 1.98. The Bertz CT molecular complexity index is 246. The Morgan fingerprint density at radius 2 is 1.88 bits per heavy atom. The minimum absolute atomic E-state index is 0.00149. The monoisotopic (exact) mass is 230 g/mol. The molecule has 16 heavy (non-hydrogen) atoms. The van der Waals surface area contributed by atoms with Crippen LogP contribution in [0.2, 0.25) is 0 Å². The average molecular weight is 230 g/mol. The predicted octanol–water partition coefficient (Wildman–Crippen LogP) is 0.396. The molecule has 0 aliphatic rings. The van der Waals surface area contributed by atoms with Crippen LogP contribution in [0.4, 0.5) is 0 Å². The first kappa shape index (κ1) is 14.9. The molecular formula is C11H22N2O3. The Kier molecular flexibility index (Phi) is 6.03. The van der Waals surface area contributed by atoms with Crippen molar-refractivity contribution in [3.05, 3.63) is 0 Å². The van der Waals surface area contributed by atoms with Crippen LogP contribution in [0.25, 0.3) is 0 Å². The highest BCUT2D eigenvalue weighted by molar-refractivity contribution is 5.83. The standard InChI is InChI=1S/C11H22N2O3/c1-6-16-10(15)8-13(5)9(14)7-12-11(2,3)4/h12H,6-8H2,1-5H3. The maximum absolute atomic E-state index is 11.6. The minimum atomic E-state index is -0.380. The average Bonchev–Trinajstić information content (AvgIpc) is 2.13. The highest BCUT2D eigenvalue weighted by atomic mass is 16.5. The number of nitrogens with one attached hydrogen (secondary N) is 1. The van der Waals surface area contributed by atoms with Gasteiger partial charge >= 0.3 is 5.97 Å². The zero-order valence-electron chi connectivity index (χ0n) is 10.8. The molecule has 0 fully saturated rings. The van der Waals surface area contributed by atoms with Gasteiger partial charge in [0.2, 0.25) is 5.91 Å². The maximum atomic E-state index is 11.6. The number of nitrogens with zero attached hydrogens (tertiary/aromatic N) is 1. The fraction of sp³-hybridized carbons (Fsp3) is 0.818. The molecule has 0 radical (unpaired) electrons. The van der Waals surface area contributed by atoms with Gasteiger partial charge < -0.3 is 15.0 Å². The summed E-state index contributed by atoms with van der Waals surface area (Å²) in [6, 6.07) is 0. The van der Waals surface area contributed by atoms with E-state index < -0.39 is 0 Å². The molecule has 0 saturated carbocycles. The Morgan fingerprint density at radius 3 is 2.31 bits per heavy atom. The van der Waals surface area contributed by atoms with E-state index in [2.05, 4.69) is 5.32 Å². The van der Waals surface area contributed by atoms with Crippen LogP contribution >= 0.6 is 0 Å². The fourth-order valence-corrected chi connectivity index (χ4v) is 0.964. The van der Waals surface area contributed by atoms with E-state index in [9.17, 15) is 9.59 Å². The number of ether oxygens (including phenoxy) is 1. The second-order valence-corrected chi connectivity index (χ2v) is 4.66. The predicted molar refractivity (Wildman–Crippen MR) is 62.0 cm³/mol. The second kappa shape index (κ2) is 6.48. The lowest BCUT2D eigenvalue weighted by molar-refractivity contribution is -0.147. The van der Waals surface area contributed by atoms with Gasteiger partial charge in [-0.15, -0.1) is 0 Å². The summed E-state index contributed by atoms with van der Waals surface area (Å²) in [5.74, 6) is -0.503. The lowest BCUT2D eigenvalue weighted by Crippen LogP contribution is -2.45. The lowest BCUT2D eigenvalue weighted by Gasteiger charge is -2.22. The summed E-state index contributed by atoms with van der Waals surface area (Å²) in [5, 5.41) is 3.06. The van der Waals surface area contributed by atoms with E-state index in [0.29, 0.717) is 6.61 Å². The first-order valence-electron chi connectivity index (χ1n) is 5.41. The number of hydrogen-bond donors (Lipinski definition) is 1. The van der Waals surface area contributed by atoms with Gasteiger partial charge in [-0.1, -0.05) is 0 Å². The molecule has 0 saturated heterocycles. The van der Waals surface area contributed by atoms with Crippen molar-refractivity contribution in [1.29, 1.82) is 0 Å². The quantitative estimate of drug-likeness (QED) is 0.694. The molecule has 0 bridgehead atoms. The third-order valence-corrected chi connectivity index (χ3v) is 1.87. The highest BCUT2D eigenvalue weighted by Gasteiger charge is 2.16. The lowest BCUT2D eigenvalue weighted by atomic mass is 10.1. The van der Waals surface area contributed by atoms with Crippen molar-refractivity contribution >= 4 is 11.9 Å². The van der Waals surface area contributed by atoms with Crippen molar-refractivity contribution in [3.8, 4) is 0 Å². The van der Waals surface area contributed by atoms with E-state index >= 15 is 0 Å². The number of carbonyl (C=O) groups excluding carboxylic acids is 2. The number of esters is 1. The van der Waals surface area contributed by atoms with E-state index in [-0.39, 0.29) is 30.5 Å². The molecule has 0 aliphatic heterocycles. The molecule has 0 heterocycles. The molecule has 0 rings (SSSR count). The van der Waals surface area contributed by atoms with Crippen molar-refractivity contribution in [1.82, 2.24) is 10.2 Å². The van der Waals surface area contributed by atoms with Crippen LogP contribution in [-0.2, 0) is 14.3 Å². The van der Waals surface area contributed by atoms with Crippen molar-refractivity contribution in [2.45, 2.75) is 33.2 Å². The SMILES string of the molecule is CCOC(=O)CN(C)C(=O)CNC(C)(C)C. The summed E-state index contributed by atoms with van der Waals surface area (Å²) < 4.78 is 4.75.